The summed E-state index contributed by atoms with van der Waals surface area (Å²) in [5.74, 6) is 1.44. The van der Waals surface area contributed by atoms with E-state index in [2.05, 4.69) is 17.2 Å². The summed E-state index contributed by atoms with van der Waals surface area (Å²) in [4.78, 5) is 0. The number of rotatable bonds is 2. The zero-order chi connectivity index (χ0) is 10.1. The molecule has 2 N–H and O–H groups in total. The van der Waals surface area contributed by atoms with Gasteiger partial charge in [-0.25, -0.2) is 0 Å². The van der Waals surface area contributed by atoms with Crippen molar-refractivity contribution in [3.8, 4) is 0 Å². The average Bonchev–Trinajstić information content (AvgIpc) is 2.73. The fraction of sp³-hybridized carbons (Fsp3) is 0.800. The molecule has 0 radical (unpaired) electrons. The normalized spacial score (nSPS) is 29.4. The molecule has 1 aliphatic rings. The summed E-state index contributed by atoms with van der Waals surface area (Å²) in [5.41, 5.74) is 7.27. The van der Waals surface area contributed by atoms with Gasteiger partial charge in [0.25, 0.3) is 0 Å². The van der Waals surface area contributed by atoms with Gasteiger partial charge in [0, 0.05) is 7.05 Å². The van der Waals surface area contributed by atoms with Crippen LogP contribution in [0.15, 0.2) is 6.20 Å². The highest BCUT2D eigenvalue weighted by atomic mass is 15.4. The highest BCUT2D eigenvalue weighted by Crippen LogP contribution is 2.37. The topological polar surface area (TPSA) is 56.7 Å². The van der Waals surface area contributed by atoms with E-state index in [-0.39, 0.29) is 6.04 Å². The zero-order valence-corrected chi connectivity index (χ0v) is 8.85. The maximum absolute atomic E-state index is 6.21. The molecule has 0 aliphatic heterocycles. The lowest BCUT2D eigenvalue weighted by atomic mass is 9.95. The molecule has 0 saturated heterocycles. The second-order valence-corrected chi connectivity index (χ2v) is 4.49. The van der Waals surface area contributed by atoms with E-state index in [0.717, 1.165) is 11.6 Å². The Morgan fingerprint density at radius 2 is 2.36 bits per heavy atom. The first kappa shape index (κ1) is 9.65. The molecule has 1 aliphatic carbocycles. The molecular weight excluding hydrogens is 176 g/mol. The lowest BCUT2D eigenvalue weighted by molar-refractivity contribution is 0.409. The number of hydrogen-bond acceptors (Lipinski definition) is 3. The van der Waals surface area contributed by atoms with Crippen molar-refractivity contribution >= 4 is 0 Å². The number of hydrogen-bond donors (Lipinski definition) is 1. The largest absolute Gasteiger partial charge is 0.322 e. The summed E-state index contributed by atoms with van der Waals surface area (Å²) in [6, 6.07) is 0.111. The van der Waals surface area contributed by atoms with Crippen LogP contribution in [-0.4, -0.2) is 15.0 Å². The van der Waals surface area contributed by atoms with E-state index in [0.29, 0.717) is 5.92 Å². The fourth-order valence-corrected chi connectivity index (χ4v) is 2.42. The van der Waals surface area contributed by atoms with Crippen LogP contribution in [0, 0.1) is 11.8 Å². The van der Waals surface area contributed by atoms with E-state index < -0.39 is 0 Å². The van der Waals surface area contributed by atoms with Crippen molar-refractivity contribution in [3.05, 3.63) is 11.9 Å². The van der Waals surface area contributed by atoms with Gasteiger partial charge in [0.1, 0.15) is 0 Å². The van der Waals surface area contributed by atoms with Gasteiger partial charge in [-0.15, -0.1) is 5.10 Å². The Morgan fingerprint density at radius 1 is 1.57 bits per heavy atom. The Kier molecular flexibility index (Phi) is 2.54. The van der Waals surface area contributed by atoms with Crippen molar-refractivity contribution in [3.63, 3.8) is 0 Å². The highest BCUT2D eigenvalue weighted by molar-refractivity contribution is 5.03. The molecule has 14 heavy (non-hydrogen) atoms. The Labute approximate surface area is 84.5 Å². The smallest absolute Gasteiger partial charge is 0.0753 e. The summed E-state index contributed by atoms with van der Waals surface area (Å²) in [7, 11) is 1.90. The van der Waals surface area contributed by atoms with Crippen molar-refractivity contribution < 1.29 is 0 Å². The van der Waals surface area contributed by atoms with Crippen LogP contribution in [0.2, 0.25) is 0 Å². The van der Waals surface area contributed by atoms with Crippen molar-refractivity contribution in [2.75, 3.05) is 0 Å². The van der Waals surface area contributed by atoms with E-state index in [1.54, 1.807) is 10.9 Å². The summed E-state index contributed by atoms with van der Waals surface area (Å²) in [5, 5.41) is 7.78. The molecule has 78 valence electrons. The molecular formula is C10H18N4. The van der Waals surface area contributed by atoms with Crippen LogP contribution < -0.4 is 5.73 Å². The molecule has 0 bridgehead atoms. The van der Waals surface area contributed by atoms with Crippen LogP contribution in [0.5, 0.6) is 0 Å². The first-order chi connectivity index (χ1) is 6.68. The minimum absolute atomic E-state index is 0.111. The highest BCUT2D eigenvalue weighted by Gasteiger charge is 2.28. The molecule has 1 fully saturated rings. The molecule has 0 spiro atoms. The van der Waals surface area contributed by atoms with Gasteiger partial charge in [0.2, 0.25) is 0 Å². The van der Waals surface area contributed by atoms with Crippen LogP contribution >= 0.6 is 0 Å². The van der Waals surface area contributed by atoms with Crippen LogP contribution in [0.1, 0.15) is 37.9 Å². The van der Waals surface area contributed by atoms with Crippen LogP contribution in [0.3, 0.4) is 0 Å². The molecule has 1 aromatic heterocycles. The summed E-state index contributed by atoms with van der Waals surface area (Å²) in [6.45, 7) is 2.30. The maximum atomic E-state index is 6.21. The molecule has 1 aromatic rings. The van der Waals surface area contributed by atoms with Gasteiger partial charge in [-0.05, 0) is 24.7 Å². The second-order valence-electron chi connectivity index (χ2n) is 4.49. The minimum Gasteiger partial charge on any atom is -0.322 e. The predicted molar refractivity (Wildman–Crippen MR) is 54.4 cm³/mol. The third-order valence-electron chi connectivity index (χ3n) is 3.33. The van der Waals surface area contributed by atoms with Gasteiger partial charge in [-0.1, -0.05) is 18.6 Å². The standard InChI is InChI=1S/C10H18N4/c1-7-3-4-8(5-7)10(11)9-6-12-13-14(9)2/h6-8,10H,3-5,11H2,1-2H3. The average molecular weight is 194 g/mol. The third-order valence-corrected chi connectivity index (χ3v) is 3.33. The molecule has 3 atom stereocenters. The zero-order valence-electron chi connectivity index (χ0n) is 8.85. The Balaban J connectivity index is 2.09. The van der Waals surface area contributed by atoms with E-state index in [1.165, 1.54) is 19.3 Å². The SMILES string of the molecule is CC1CCC(C(N)c2cnnn2C)C1. The number of nitrogens with two attached hydrogens (primary N) is 1. The fourth-order valence-electron chi connectivity index (χ4n) is 2.42. The molecule has 0 amide bonds. The second kappa shape index (κ2) is 3.69. The molecule has 1 saturated carbocycles. The molecule has 4 nitrogen and oxygen atoms in total. The first-order valence-electron chi connectivity index (χ1n) is 5.28. The maximum Gasteiger partial charge on any atom is 0.0753 e. The third kappa shape index (κ3) is 1.66. The van der Waals surface area contributed by atoms with Crippen molar-refractivity contribution in [2.45, 2.75) is 32.2 Å². The van der Waals surface area contributed by atoms with Crippen molar-refractivity contribution in [2.24, 2.45) is 24.6 Å². The number of nitrogens with zero attached hydrogens (tertiary/aromatic N) is 3. The summed E-state index contributed by atoms with van der Waals surface area (Å²) < 4.78 is 1.79. The molecule has 1 heterocycles. The van der Waals surface area contributed by atoms with Gasteiger partial charge in [-0.2, -0.15) is 0 Å². The van der Waals surface area contributed by atoms with Gasteiger partial charge in [0.05, 0.1) is 17.9 Å². The summed E-state index contributed by atoms with van der Waals surface area (Å²) in [6.07, 6.45) is 5.58. The Morgan fingerprint density at radius 3 is 2.86 bits per heavy atom. The lowest BCUT2D eigenvalue weighted by Crippen LogP contribution is -2.22. The minimum atomic E-state index is 0.111. The van der Waals surface area contributed by atoms with Crippen LogP contribution in [0.25, 0.3) is 0 Å². The first-order valence-corrected chi connectivity index (χ1v) is 5.28. The van der Waals surface area contributed by atoms with Crippen LogP contribution in [-0.2, 0) is 7.05 Å². The Bertz CT molecular complexity index is 307. The van der Waals surface area contributed by atoms with Gasteiger partial charge < -0.3 is 5.73 Å². The van der Waals surface area contributed by atoms with E-state index in [4.69, 9.17) is 5.73 Å². The number of aryl methyl sites for hydroxylation is 1. The van der Waals surface area contributed by atoms with Gasteiger partial charge in [0.15, 0.2) is 0 Å². The Hall–Kier alpha value is -0.900. The summed E-state index contributed by atoms with van der Waals surface area (Å²) >= 11 is 0. The van der Waals surface area contributed by atoms with Gasteiger partial charge in [-0.3, -0.25) is 4.68 Å². The van der Waals surface area contributed by atoms with E-state index >= 15 is 0 Å². The van der Waals surface area contributed by atoms with Crippen molar-refractivity contribution in [1.82, 2.24) is 15.0 Å². The van der Waals surface area contributed by atoms with E-state index in [9.17, 15) is 0 Å². The quantitative estimate of drug-likeness (QED) is 0.771. The number of aromatic nitrogens is 3. The molecule has 2 rings (SSSR count). The monoisotopic (exact) mass is 194 g/mol. The molecule has 3 unspecified atom stereocenters. The molecule has 4 heteroatoms. The van der Waals surface area contributed by atoms with E-state index in [1.807, 2.05) is 7.05 Å². The van der Waals surface area contributed by atoms with Crippen LogP contribution in [0.4, 0.5) is 0 Å². The molecule has 0 aromatic carbocycles. The van der Waals surface area contributed by atoms with Crippen molar-refractivity contribution in [1.29, 1.82) is 0 Å². The lowest BCUT2D eigenvalue weighted by Gasteiger charge is -2.18. The predicted octanol–water partition coefficient (Wildman–Crippen LogP) is 1.25. The van der Waals surface area contributed by atoms with Gasteiger partial charge >= 0.3 is 0 Å².